The van der Waals surface area contributed by atoms with Crippen molar-refractivity contribution >= 4 is 11.9 Å². The predicted molar refractivity (Wildman–Crippen MR) is 67.2 cm³/mol. The highest BCUT2D eigenvalue weighted by molar-refractivity contribution is 5.85. The predicted octanol–water partition coefficient (Wildman–Crippen LogP) is 1.89. The first kappa shape index (κ1) is 14.9. The van der Waals surface area contributed by atoms with Crippen LogP contribution in [0, 0.1) is 0 Å². The van der Waals surface area contributed by atoms with Crippen LogP contribution in [0.3, 0.4) is 0 Å². The van der Waals surface area contributed by atoms with Gasteiger partial charge in [0.05, 0.1) is 12.8 Å². The zero-order valence-electron chi connectivity index (χ0n) is 11.0. The van der Waals surface area contributed by atoms with E-state index in [1.165, 1.54) is 18.3 Å². The van der Waals surface area contributed by atoms with Gasteiger partial charge in [0.25, 0.3) is 0 Å². The first-order valence-electron chi connectivity index (χ1n) is 6.11. The summed E-state index contributed by atoms with van der Waals surface area (Å²) in [6, 6.07) is 2.80. The number of ether oxygens (including phenoxy) is 2. The maximum Gasteiger partial charge on any atom is 0.354 e. The quantitative estimate of drug-likeness (QED) is 0.759. The average Bonchev–Trinajstić information content (AvgIpc) is 2.39. The van der Waals surface area contributed by atoms with Crippen LogP contribution in [0.4, 0.5) is 0 Å². The fourth-order valence-electron chi connectivity index (χ4n) is 1.46. The molecule has 0 fully saturated rings. The number of carboxylic acid groups (broad SMARTS) is 1. The second-order valence-electron chi connectivity index (χ2n) is 3.83. The molecule has 0 saturated carbocycles. The van der Waals surface area contributed by atoms with Crippen molar-refractivity contribution < 1.29 is 24.2 Å². The van der Waals surface area contributed by atoms with Gasteiger partial charge < -0.3 is 14.6 Å². The summed E-state index contributed by atoms with van der Waals surface area (Å²) in [5, 5.41) is 8.72. The van der Waals surface area contributed by atoms with Crippen LogP contribution in [-0.4, -0.2) is 34.7 Å². The Kier molecular flexibility index (Phi) is 5.78. The summed E-state index contributed by atoms with van der Waals surface area (Å²) < 4.78 is 10.4. The Bertz CT molecular complexity index is 429. The molecule has 0 aromatic carbocycles. The summed E-state index contributed by atoms with van der Waals surface area (Å²) in [4.78, 5) is 26.0. The van der Waals surface area contributed by atoms with Gasteiger partial charge in [0, 0.05) is 0 Å². The Morgan fingerprint density at radius 3 is 2.58 bits per heavy atom. The smallest absolute Gasteiger partial charge is 0.354 e. The molecule has 0 aliphatic heterocycles. The zero-order valence-corrected chi connectivity index (χ0v) is 11.0. The highest BCUT2D eigenvalue weighted by Crippen LogP contribution is 2.14. The lowest BCUT2D eigenvalue weighted by Gasteiger charge is -2.16. The lowest BCUT2D eigenvalue weighted by Crippen LogP contribution is -2.29. The summed E-state index contributed by atoms with van der Waals surface area (Å²) in [5.74, 6) is -1.19. The number of rotatable bonds is 7. The average molecular weight is 267 g/mol. The minimum atomic E-state index is -1.11. The molecule has 1 atom stereocenters. The van der Waals surface area contributed by atoms with Crippen molar-refractivity contribution in [3.05, 3.63) is 24.0 Å². The van der Waals surface area contributed by atoms with E-state index in [1.807, 2.05) is 6.92 Å². The second-order valence-corrected chi connectivity index (χ2v) is 3.83. The fraction of sp³-hybridized carbons (Fsp3) is 0.462. The Labute approximate surface area is 111 Å². The molecule has 0 amide bonds. The molecule has 104 valence electrons. The number of carbonyl (C=O) groups excluding carboxylic acids is 1. The van der Waals surface area contributed by atoms with E-state index >= 15 is 0 Å². The Hall–Kier alpha value is -2.11. The van der Waals surface area contributed by atoms with Crippen LogP contribution >= 0.6 is 0 Å². The number of aromatic nitrogens is 1. The van der Waals surface area contributed by atoms with Crippen molar-refractivity contribution in [2.75, 3.05) is 6.61 Å². The molecule has 0 aliphatic rings. The van der Waals surface area contributed by atoms with Gasteiger partial charge in [-0.2, -0.15) is 0 Å². The van der Waals surface area contributed by atoms with Crippen LogP contribution in [0.15, 0.2) is 18.3 Å². The molecule has 0 radical (unpaired) electrons. The topological polar surface area (TPSA) is 85.7 Å². The van der Waals surface area contributed by atoms with Gasteiger partial charge in [0.15, 0.2) is 6.10 Å². The van der Waals surface area contributed by atoms with Gasteiger partial charge in [-0.1, -0.05) is 13.3 Å². The van der Waals surface area contributed by atoms with E-state index in [4.69, 9.17) is 14.6 Å². The summed E-state index contributed by atoms with van der Waals surface area (Å²) in [6.45, 7) is 3.95. The van der Waals surface area contributed by atoms with E-state index in [0.717, 1.165) is 6.42 Å². The summed E-state index contributed by atoms with van der Waals surface area (Å²) in [6.07, 6.45) is 1.89. The molecule has 1 aromatic rings. The largest absolute Gasteiger partial charge is 0.477 e. The number of carboxylic acids is 1. The summed E-state index contributed by atoms with van der Waals surface area (Å²) in [5.41, 5.74) is -0.0736. The van der Waals surface area contributed by atoms with Crippen LogP contribution in [0.25, 0.3) is 0 Å². The molecule has 0 saturated heterocycles. The van der Waals surface area contributed by atoms with Crippen LogP contribution in [0.1, 0.15) is 37.2 Å². The van der Waals surface area contributed by atoms with Crippen LogP contribution in [-0.2, 0) is 9.53 Å². The van der Waals surface area contributed by atoms with Crippen LogP contribution in [0.5, 0.6) is 5.75 Å². The Balaban J connectivity index is 2.73. The van der Waals surface area contributed by atoms with Crippen molar-refractivity contribution in [3.63, 3.8) is 0 Å². The highest BCUT2D eigenvalue weighted by atomic mass is 16.6. The molecular formula is C13H17NO5. The van der Waals surface area contributed by atoms with Gasteiger partial charge in [0.2, 0.25) is 0 Å². The van der Waals surface area contributed by atoms with Gasteiger partial charge in [-0.25, -0.2) is 14.6 Å². The number of pyridine rings is 1. The molecule has 19 heavy (non-hydrogen) atoms. The normalized spacial score (nSPS) is 11.7. The number of carbonyl (C=O) groups is 2. The zero-order chi connectivity index (χ0) is 14.3. The maximum atomic E-state index is 11.7. The van der Waals surface area contributed by atoms with E-state index in [2.05, 4.69) is 4.98 Å². The van der Waals surface area contributed by atoms with E-state index in [0.29, 0.717) is 18.8 Å². The minimum absolute atomic E-state index is 0.0736. The van der Waals surface area contributed by atoms with E-state index in [1.54, 1.807) is 6.92 Å². The van der Waals surface area contributed by atoms with Gasteiger partial charge in [-0.15, -0.1) is 0 Å². The molecule has 1 aromatic heterocycles. The SMILES string of the molecule is CCCC(Oc1ccc(C(=O)O)nc1)C(=O)OCC. The minimum Gasteiger partial charge on any atom is -0.477 e. The van der Waals surface area contributed by atoms with E-state index < -0.39 is 18.0 Å². The van der Waals surface area contributed by atoms with E-state index in [-0.39, 0.29) is 5.69 Å². The number of aromatic carboxylic acids is 1. The standard InChI is InChI=1S/C13H17NO5/c1-3-5-11(13(17)18-4-2)19-9-6-7-10(12(15)16)14-8-9/h6-8,11H,3-5H2,1-2H3,(H,15,16). The van der Waals surface area contributed by atoms with Crippen LogP contribution in [0.2, 0.25) is 0 Å². The molecule has 6 heteroatoms. The third-order valence-corrected chi connectivity index (χ3v) is 2.33. The number of esters is 1. The molecule has 0 aliphatic carbocycles. The third kappa shape index (κ3) is 4.57. The van der Waals surface area contributed by atoms with Crippen LogP contribution < -0.4 is 4.74 Å². The molecule has 1 rings (SSSR count). The molecule has 0 bridgehead atoms. The van der Waals surface area contributed by atoms with Gasteiger partial charge in [0.1, 0.15) is 11.4 Å². The number of hydrogen-bond acceptors (Lipinski definition) is 5. The second kappa shape index (κ2) is 7.35. The van der Waals surface area contributed by atoms with Crippen molar-refractivity contribution in [2.45, 2.75) is 32.8 Å². The van der Waals surface area contributed by atoms with Crippen molar-refractivity contribution in [1.29, 1.82) is 0 Å². The lowest BCUT2D eigenvalue weighted by molar-refractivity contribution is -0.151. The molecule has 1 N–H and O–H groups in total. The third-order valence-electron chi connectivity index (χ3n) is 2.33. The maximum absolute atomic E-state index is 11.7. The highest BCUT2D eigenvalue weighted by Gasteiger charge is 2.21. The van der Waals surface area contributed by atoms with Gasteiger partial charge in [-0.3, -0.25) is 0 Å². The van der Waals surface area contributed by atoms with E-state index in [9.17, 15) is 9.59 Å². The van der Waals surface area contributed by atoms with Crippen molar-refractivity contribution in [3.8, 4) is 5.75 Å². The molecule has 1 unspecified atom stereocenters. The molecule has 1 heterocycles. The monoisotopic (exact) mass is 267 g/mol. The van der Waals surface area contributed by atoms with Crippen molar-refractivity contribution in [1.82, 2.24) is 4.98 Å². The van der Waals surface area contributed by atoms with Gasteiger partial charge in [-0.05, 0) is 25.5 Å². The molecule has 6 nitrogen and oxygen atoms in total. The number of hydrogen-bond donors (Lipinski definition) is 1. The lowest BCUT2D eigenvalue weighted by atomic mass is 10.2. The molecular weight excluding hydrogens is 250 g/mol. The number of nitrogens with zero attached hydrogens (tertiary/aromatic N) is 1. The summed E-state index contributed by atoms with van der Waals surface area (Å²) >= 11 is 0. The summed E-state index contributed by atoms with van der Waals surface area (Å²) in [7, 11) is 0. The Morgan fingerprint density at radius 2 is 2.11 bits per heavy atom. The van der Waals surface area contributed by atoms with Gasteiger partial charge >= 0.3 is 11.9 Å². The fourth-order valence-corrected chi connectivity index (χ4v) is 1.46. The van der Waals surface area contributed by atoms with Crippen molar-refractivity contribution in [2.24, 2.45) is 0 Å². The molecule has 0 spiro atoms. The first-order valence-corrected chi connectivity index (χ1v) is 6.11. The Morgan fingerprint density at radius 1 is 1.37 bits per heavy atom. The first-order chi connectivity index (χ1) is 9.08.